The van der Waals surface area contributed by atoms with Gasteiger partial charge in [0.2, 0.25) is 0 Å². The zero-order chi connectivity index (χ0) is 13.1. The van der Waals surface area contributed by atoms with Crippen molar-refractivity contribution in [2.24, 2.45) is 17.8 Å². The van der Waals surface area contributed by atoms with Crippen LogP contribution in [0.2, 0.25) is 0 Å². The van der Waals surface area contributed by atoms with E-state index in [0.29, 0.717) is 11.8 Å². The maximum atomic E-state index is 11.9. The molecule has 1 fully saturated rings. The summed E-state index contributed by atoms with van der Waals surface area (Å²) in [4.78, 5) is 11.7. The van der Waals surface area contributed by atoms with Crippen LogP contribution in [0.25, 0.3) is 0 Å². The minimum absolute atomic E-state index is 0.0607. The molecule has 1 N–H and O–H groups in total. The van der Waals surface area contributed by atoms with Crippen LogP contribution in [0.3, 0.4) is 0 Å². The lowest BCUT2D eigenvalue weighted by molar-refractivity contribution is -0.130. The van der Waals surface area contributed by atoms with Gasteiger partial charge in [0.25, 0.3) is 0 Å². The van der Waals surface area contributed by atoms with Crippen LogP contribution < -0.4 is 5.32 Å². The number of hydrogen-bond donors (Lipinski definition) is 1. The summed E-state index contributed by atoms with van der Waals surface area (Å²) in [5.74, 6) is 0.854. The number of nitrogens with one attached hydrogen (secondary N) is 1. The molecular weight excluding hydrogens is 231 g/mol. The average molecular weight is 251 g/mol. The quantitative estimate of drug-likeness (QED) is 0.832. The predicted octanol–water partition coefficient (Wildman–Crippen LogP) is 2.78. The maximum Gasteiger partial charge on any atom is 0.401 e. The topological polar surface area (TPSA) is 29.1 Å². The summed E-state index contributed by atoms with van der Waals surface area (Å²) in [7, 11) is 0. The molecule has 0 amide bonds. The lowest BCUT2D eigenvalue weighted by Crippen LogP contribution is -2.37. The summed E-state index contributed by atoms with van der Waals surface area (Å²) in [6.07, 6.45) is -1.50. The maximum absolute atomic E-state index is 11.9. The van der Waals surface area contributed by atoms with E-state index in [1.807, 2.05) is 0 Å². The molecule has 17 heavy (non-hydrogen) atoms. The Balaban J connectivity index is 2.32. The molecule has 100 valence electrons. The van der Waals surface area contributed by atoms with Gasteiger partial charge in [-0.25, -0.2) is 0 Å². The average Bonchev–Trinajstić information content (AvgIpc) is 2.13. The highest BCUT2D eigenvalue weighted by Crippen LogP contribution is 2.33. The first-order valence-corrected chi connectivity index (χ1v) is 6.08. The van der Waals surface area contributed by atoms with E-state index in [4.69, 9.17) is 0 Å². The fourth-order valence-corrected chi connectivity index (χ4v) is 2.68. The van der Waals surface area contributed by atoms with Gasteiger partial charge in [-0.05, 0) is 31.1 Å². The molecule has 0 spiro atoms. The van der Waals surface area contributed by atoms with Crippen LogP contribution in [0.15, 0.2) is 0 Å². The van der Waals surface area contributed by atoms with Crippen molar-refractivity contribution in [2.75, 3.05) is 13.1 Å². The van der Waals surface area contributed by atoms with E-state index < -0.39 is 12.7 Å². The Morgan fingerprint density at radius 3 is 2.18 bits per heavy atom. The van der Waals surface area contributed by atoms with Crippen molar-refractivity contribution < 1.29 is 18.0 Å². The van der Waals surface area contributed by atoms with Crippen LogP contribution in [-0.2, 0) is 4.79 Å². The van der Waals surface area contributed by atoms with Crippen molar-refractivity contribution in [1.82, 2.24) is 5.32 Å². The number of halogens is 3. The highest BCUT2D eigenvalue weighted by atomic mass is 19.4. The minimum atomic E-state index is -4.24. The van der Waals surface area contributed by atoms with Crippen LogP contribution in [-0.4, -0.2) is 25.0 Å². The standard InChI is InChI=1S/C12H20F3NO/c1-8-3-9(2)5-10(4-8)11(17)6-16-7-12(13,14)15/h8-10,16H,3-7H2,1-2H3. The Morgan fingerprint density at radius 2 is 1.71 bits per heavy atom. The molecule has 0 aromatic heterocycles. The number of carbonyl (C=O) groups is 1. The Labute approximate surface area is 100.0 Å². The van der Waals surface area contributed by atoms with E-state index in [1.54, 1.807) is 0 Å². The molecule has 1 rings (SSSR count). The predicted molar refractivity (Wildman–Crippen MR) is 59.6 cm³/mol. The third-order valence-corrected chi connectivity index (χ3v) is 3.26. The molecule has 0 bridgehead atoms. The van der Waals surface area contributed by atoms with Gasteiger partial charge in [-0.15, -0.1) is 0 Å². The van der Waals surface area contributed by atoms with E-state index in [2.05, 4.69) is 19.2 Å². The van der Waals surface area contributed by atoms with E-state index >= 15 is 0 Å². The van der Waals surface area contributed by atoms with Gasteiger partial charge in [0, 0.05) is 5.92 Å². The normalized spacial score (nSPS) is 30.3. The molecule has 0 aromatic carbocycles. The molecule has 2 atom stereocenters. The van der Waals surface area contributed by atoms with Crippen LogP contribution in [0.4, 0.5) is 13.2 Å². The first-order chi connectivity index (χ1) is 7.78. The summed E-state index contributed by atoms with van der Waals surface area (Å²) >= 11 is 0. The van der Waals surface area contributed by atoms with Gasteiger partial charge in [0.05, 0.1) is 13.1 Å². The van der Waals surface area contributed by atoms with Crippen molar-refractivity contribution >= 4 is 5.78 Å². The number of hydrogen-bond acceptors (Lipinski definition) is 2. The van der Waals surface area contributed by atoms with E-state index in [-0.39, 0.29) is 18.2 Å². The smallest absolute Gasteiger partial charge is 0.302 e. The van der Waals surface area contributed by atoms with Crippen LogP contribution in [0.5, 0.6) is 0 Å². The molecule has 0 aromatic rings. The molecule has 0 saturated heterocycles. The SMILES string of the molecule is CC1CC(C)CC(C(=O)CNCC(F)(F)F)C1. The van der Waals surface area contributed by atoms with E-state index in [9.17, 15) is 18.0 Å². The highest BCUT2D eigenvalue weighted by molar-refractivity contribution is 5.83. The van der Waals surface area contributed by atoms with Crippen molar-refractivity contribution in [1.29, 1.82) is 0 Å². The lowest BCUT2D eigenvalue weighted by atomic mass is 9.75. The summed E-state index contributed by atoms with van der Waals surface area (Å²) < 4.78 is 35.7. The van der Waals surface area contributed by atoms with Gasteiger partial charge in [0.1, 0.15) is 5.78 Å². The van der Waals surface area contributed by atoms with Crippen molar-refractivity contribution in [3.8, 4) is 0 Å². The number of Topliss-reactive ketones (excluding diaryl/α,β-unsaturated/α-hetero) is 1. The van der Waals surface area contributed by atoms with Crippen LogP contribution in [0, 0.1) is 17.8 Å². The van der Waals surface area contributed by atoms with Crippen molar-refractivity contribution in [2.45, 2.75) is 39.3 Å². The second kappa shape index (κ2) is 5.85. The Hall–Kier alpha value is -0.580. The molecule has 0 heterocycles. The van der Waals surface area contributed by atoms with E-state index in [0.717, 1.165) is 19.3 Å². The summed E-state index contributed by atoms with van der Waals surface area (Å²) in [5.41, 5.74) is 0. The number of carbonyl (C=O) groups excluding carboxylic acids is 1. The summed E-state index contributed by atoms with van der Waals surface area (Å²) in [6.45, 7) is 2.94. The van der Waals surface area contributed by atoms with Crippen molar-refractivity contribution in [3.05, 3.63) is 0 Å². The molecule has 2 unspecified atom stereocenters. The molecule has 5 heteroatoms. The fourth-order valence-electron chi connectivity index (χ4n) is 2.68. The molecule has 0 radical (unpaired) electrons. The van der Waals surface area contributed by atoms with Crippen LogP contribution >= 0.6 is 0 Å². The number of alkyl halides is 3. The van der Waals surface area contributed by atoms with Gasteiger partial charge < -0.3 is 5.32 Å². The molecule has 1 aliphatic carbocycles. The zero-order valence-electron chi connectivity index (χ0n) is 10.3. The second-order valence-corrected chi connectivity index (χ2v) is 5.30. The number of rotatable bonds is 4. The molecular formula is C12H20F3NO. The molecule has 2 nitrogen and oxygen atoms in total. The lowest BCUT2D eigenvalue weighted by Gasteiger charge is -2.30. The van der Waals surface area contributed by atoms with Gasteiger partial charge in [0.15, 0.2) is 0 Å². The van der Waals surface area contributed by atoms with Crippen LogP contribution in [0.1, 0.15) is 33.1 Å². The van der Waals surface area contributed by atoms with Gasteiger partial charge >= 0.3 is 6.18 Å². The first-order valence-electron chi connectivity index (χ1n) is 6.08. The minimum Gasteiger partial charge on any atom is -0.302 e. The second-order valence-electron chi connectivity index (χ2n) is 5.30. The van der Waals surface area contributed by atoms with Gasteiger partial charge in [-0.3, -0.25) is 4.79 Å². The van der Waals surface area contributed by atoms with Gasteiger partial charge in [-0.2, -0.15) is 13.2 Å². The Bertz CT molecular complexity index is 255. The van der Waals surface area contributed by atoms with E-state index in [1.165, 1.54) is 0 Å². The first kappa shape index (κ1) is 14.5. The molecule has 1 aliphatic rings. The monoisotopic (exact) mass is 251 g/mol. The third-order valence-electron chi connectivity index (χ3n) is 3.26. The highest BCUT2D eigenvalue weighted by Gasteiger charge is 2.30. The zero-order valence-corrected chi connectivity index (χ0v) is 10.3. The molecule has 1 saturated carbocycles. The molecule has 0 aliphatic heterocycles. The van der Waals surface area contributed by atoms with Crippen molar-refractivity contribution in [3.63, 3.8) is 0 Å². The Morgan fingerprint density at radius 1 is 1.18 bits per heavy atom. The summed E-state index contributed by atoms with van der Waals surface area (Å²) in [5, 5.41) is 2.18. The third kappa shape index (κ3) is 5.52. The fraction of sp³-hybridized carbons (Fsp3) is 0.917. The van der Waals surface area contributed by atoms with Gasteiger partial charge in [-0.1, -0.05) is 13.8 Å². The number of ketones is 1. The Kier molecular flexibility index (Phi) is 4.98. The summed E-state index contributed by atoms with van der Waals surface area (Å²) in [6, 6.07) is 0. The largest absolute Gasteiger partial charge is 0.401 e.